The van der Waals surface area contributed by atoms with E-state index in [-0.39, 0.29) is 11.6 Å². The fraction of sp³-hybridized carbons (Fsp3) is 0.917. The van der Waals surface area contributed by atoms with Crippen LogP contribution in [0.15, 0.2) is 0 Å². The summed E-state index contributed by atoms with van der Waals surface area (Å²) in [6, 6.07) is 0.913. The van der Waals surface area contributed by atoms with Crippen LogP contribution in [-0.2, 0) is 0 Å². The molecule has 0 aromatic heterocycles. The lowest BCUT2D eigenvalue weighted by Crippen LogP contribution is -2.55. The number of amides is 2. The Kier molecular flexibility index (Phi) is 3.10. The van der Waals surface area contributed by atoms with Crippen LogP contribution >= 0.6 is 0 Å². The van der Waals surface area contributed by atoms with Gasteiger partial charge in [-0.05, 0) is 33.6 Å². The molecular weight excluding hydrogens is 202 g/mol. The van der Waals surface area contributed by atoms with Gasteiger partial charge < -0.3 is 10.2 Å². The molecule has 0 spiro atoms. The second-order valence-corrected chi connectivity index (χ2v) is 5.93. The van der Waals surface area contributed by atoms with Crippen molar-refractivity contribution in [2.75, 3.05) is 26.2 Å². The van der Waals surface area contributed by atoms with Crippen LogP contribution in [0.1, 0.15) is 33.6 Å². The molecular formula is C12H23N3O. The molecule has 4 nitrogen and oxygen atoms in total. The summed E-state index contributed by atoms with van der Waals surface area (Å²) in [6.45, 7) is 9.89. The van der Waals surface area contributed by atoms with Gasteiger partial charge in [0, 0.05) is 37.8 Å². The van der Waals surface area contributed by atoms with Crippen molar-refractivity contribution in [1.29, 1.82) is 0 Å². The number of carbonyl (C=O) groups is 1. The third kappa shape index (κ3) is 3.11. The van der Waals surface area contributed by atoms with E-state index in [0.29, 0.717) is 0 Å². The molecule has 2 rings (SSSR count). The Balaban J connectivity index is 1.77. The third-order valence-corrected chi connectivity index (χ3v) is 3.15. The molecule has 1 aliphatic heterocycles. The molecule has 2 aliphatic rings. The second-order valence-electron chi connectivity index (χ2n) is 5.93. The third-order valence-electron chi connectivity index (χ3n) is 3.15. The first-order chi connectivity index (χ1) is 7.46. The fourth-order valence-corrected chi connectivity index (χ4v) is 2.13. The molecule has 0 unspecified atom stereocenters. The van der Waals surface area contributed by atoms with E-state index in [1.54, 1.807) is 0 Å². The lowest BCUT2D eigenvalue weighted by Gasteiger charge is -2.36. The van der Waals surface area contributed by atoms with E-state index in [1.807, 2.05) is 25.7 Å². The number of piperazine rings is 1. The van der Waals surface area contributed by atoms with Gasteiger partial charge in [-0.3, -0.25) is 4.90 Å². The Labute approximate surface area is 98.0 Å². The highest BCUT2D eigenvalue weighted by atomic mass is 16.2. The van der Waals surface area contributed by atoms with Gasteiger partial charge in [0.25, 0.3) is 0 Å². The fourth-order valence-electron chi connectivity index (χ4n) is 2.13. The Morgan fingerprint density at radius 2 is 1.69 bits per heavy atom. The van der Waals surface area contributed by atoms with E-state index >= 15 is 0 Å². The van der Waals surface area contributed by atoms with Gasteiger partial charge in [-0.1, -0.05) is 0 Å². The summed E-state index contributed by atoms with van der Waals surface area (Å²) in [4.78, 5) is 16.4. The highest BCUT2D eigenvalue weighted by Crippen LogP contribution is 2.27. The predicted octanol–water partition coefficient (Wildman–Crippen LogP) is 1.27. The van der Waals surface area contributed by atoms with E-state index in [4.69, 9.17) is 0 Å². The van der Waals surface area contributed by atoms with Crippen LogP contribution in [0.5, 0.6) is 0 Å². The van der Waals surface area contributed by atoms with Crippen LogP contribution in [0.2, 0.25) is 0 Å². The van der Waals surface area contributed by atoms with Gasteiger partial charge in [0.1, 0.15) is 0 Å². The molecule has 1 saturated carbocycles. The van der Waals surface area contributed by atoms with Gasteiger partial charge in [-0.25, -0.2) is 4.79 Å². The van der Waals surface area contributed by atoms with Crippen LogP contribution in [-0.4, -0.2) is 53.6 Å². The Hall–Kier alpha value is -0.770. The molecule has 0 bridgehead atoms. The smallest absolute Gasteiger partial charge is 0.317 e. The summed E-state index contributed by atoms with van der Waals surface area (Å²) < 4.78 is 0. The summed E-state index contributed by atoms with van der Waals surface area (Å²) in [5.41, 5.74) is -0.134. The summed E-state index contributed by atoms with van der Waals surface area (Å²) in [6.07, 6.45) is 2.71. The quantitative estimate of drug-likeness (QED) is 0.729. The van der Waals surface area contributed by atoms with Crippen molar-refractivity contribution in [3.8, 4) is 0 Å². The zero-order valence-electron chi connectivity index (χ0n) is 10.6. The van der Waals surface area contributed by atoms with Gasteiger partial charge in [-0.2, -0.15) is 0 Å². The molecule has 0 radical (unpaired) electrons. The second kappa shape index (κ2) is 4.24. The van der Waals surface area contributed by atoms with Gasteiger partial charge in [0.2, 0.25) is 0 Å². The average molecular weight is 225 g/mol. The van der Waals surface area contributed by atoms with E-state index in [9.17, 15) is 4.79 Å². The maximum atomic E-state index is 11.9. The first kappa shape index (κ1) is 11.7. The molecule has 0 aromatic carbocycles. The topological polar surface area (TPSA) is 35.6 Å². The number of hydrogen-bond donors (Lipinski definition) is 1. The van der Waals surface area contributed by atoms with Gasteiger partial charge >= 0.3 is 6.03 Å². The average Bonchev–Trinajstić information content (AvgIpc) is 2.98. The SMILES string of the molecule is CC(C)(C)NC(=O)N1CCN(C2CC2)CC1. The Morgan fingerprint density at radius 1 is 1.12 bits per heavy atom. The van der Waals surface area contributed by atoms with Crippen molar-refractivity contribution in [3.05, 3.63) is 0 Å². The molecule has 1 N–H and O–H groups in total. The minimum atomic E-state index is -0.134. The molecule has 0 aromatic rings. The lowest BCUT2D eigenvalue weighted by atomic mass is 10.1. The largest absolute Gasteiger partial charge is 0.333 e. The number of rotatable bonds is 1. The summed E-state index contributed by atoms with van der Waals surface area (Å²) in [5, 5.41) is 3.02. The molecule has 16 heavy (non-hydrogen) atoms. The highest BCUT2D eigenvalue weighted by molar-refractivity contribution is 5.75. The maximum absolute atomic E-state index is 11.9. The molecule has 1 aliphatic carbocycles. The van der Waals surface area contributed by atoms with E-state index in [0.717, 1.165) is 32.2 Å². The van der Waals surface area contributed by atoms with Gasteiger partial charge in [0.15, 0.2) is 0 Å². The molecule has 2 fully saturated rings. The van der Waals surface area contributed by atoms with Gasteiger partial charge in [0.05, 0.1) is 0 Å². The molecule has 1 heterocycles. The number of nitrogens with one attached hydrogen (secondary N) is 1. The molecule has 4 heteroatoms. The van der Waals surface area contributed by atoms with Crippen LogP contribution < -0.4 is 5.32 Å². The monoisotopic (exact) mass is 225 g/mol. The maximum Gasteiger partial charge on any atom is 0.317 e. The lowest BCUT2D eigenvalue weighted by molar-refractivity contribution is 0.130. The Bertz CT molecular complexity index is 260. The van der Waals surface area contributed by atoms with Crippen molar-refractivity contribution in [3.63, 3.8) is 0 Å². The molecule has 2 amide bonds. The first-order valence-electron chi connectivity index (χ1n) is 6.27. The molecule has 92 valence electrons. The van der Waals surface area contributed by atoms with E-state index < -0.39 is 0 Å². The normalized spacial score (nSPS) is 23.3. The van der Waals surface area contributed by atoms with E-state index in [2.05, 4.69) is 10.2 Å². The molecule has 1 saturated heterocycles. The first-order valence-corrected chi connectivity index (χ1v) is 6.27. The zero-order valence-corrected chi connectivity index (χ0v) is 10.6. The number of hydrogen-bond acceptors (Lipinski definition) is 2. The van der Waals surface area contributed by atoms with Crippen LogP contribution in [0.4, 0.5) is 4.79 Å². The molecule has 0 atom stereocenters. The summed E-state index contributed by atoms with van der Waals surface area (Å²) in [7, 11) is 0. The van der Waals surface area contributed by atoms with E-state index in [1.165, 1.54) is 12.8 Å². The summed E-state index contributed by atoms with van der Waals surface area (Å²) >= 11 is 0. The van der Waals surface area contributed by atoms with Crippen LogP contribution in [0, 0.1) is 0 Å². The van der Waals surface area contributed by atoms with Crippen molar-refractivity contribution in [1.82, 2.24) is 15.1 Å². The van der Waals surface area contributed by atoms with Crippen molar-refractivity contribution >= 4 is 6.03 Å². The standard InChI is InChI=1S/C12H23N3O/c1-12(2,3)13-11(16)15-8-6-14(7-9-15)10-4-5-10/h10H,4-9H2,1-3H3,(H,13,16). The predicted molar refractivity (Wildman–Crippen MR) is 64.5 cm³/mol. The minimum absolute atomic E-state index is 0.0861. The number of carbonyl (C=O) groups excluding carboxylic acids is 1. The number of urea groups is 1. The van der Waals surface area contributed by atoms with Crippen LogP contribution in [0.25, 0.3) is 0 Å². The Morgan fingerprint density at radius 3 is 2.12 bits per heavy atom. The zero-order chi connectivity index (χ0) is 11.8. The number of nitrogens with zero attached hydrogens (tertiary/aromatic N) is 2. The highest BCUT2D eigenvalue weighted by Gasteiger charge is 2.32. The van der Waals surface area contributed by atoms with Gasteiger partial charge in [-0.15, -0.1) is 0 Å². The summed E-state index contributed by atoms with van der Waals surface area (Å²) in [5.74, 6) is 0. The van der Waals surface area contributed by atoms with Crippen LogP contribution in [0.3, 0.4) is 0 Å². The van der Waals surface area contributed by atoms with Crippen molar-refractivity contribution in [2.24, 2.45) is 0 Å². The van der Waals surface area contributed by atoms with Crippen molar-refractivity contribution in [2.45, 2.75) is 45.2 Å². The minimum Gasteiger partial charge on any atom is -0.333 e. The van der Waals surface area contributed by atoms with Crippen molar-refractivity contribution < 1.29 is 4.79 Å².